The van der Waals surface area contributed by atoms with Gasteiger partial charge in [0.15, 0.2) is 0 Å². The largest absolute Gasteiger partial charge is 0.469 e. The number of ether oxygens (including phenoxy) is 2. The summed E-state index contributed by atoms with van der Waals surface area (Å²) in [5, 5.41) is 0. The van der Waals surface area contributed by atoms with E-state index in [9.17, 15) is 9.59 Å². The molecule has 0 N–H and O–H groups in total. The number of nitrogens with zero attached hydrogens (tertiary/aromatic N) is 1. The van der Waals surface area contributed by atoms with Gasteiger partial charge in [-0.15, -0.1) is 0 Å². The second-order valence-electron chi connectivity index (χ2n) is 4.95. The number of hydrogen-bond acceptors (Lipinski definition) is 4. The van der Waals surface area contributed by atoms with E-state index in [1.165, 1.54) is 13.2 Å². The van der Waals surface area contributed by atoms with Crippen LogP contribution < -0.4 is 0 Å². The smallest absolute Gasteiger partial charge is 0.307 e. The van der Waals surface area contributed by atoms with E-state index in [1.54, 1.807) is 11.0 Å². The molecular weight excluding hydrogens is 294 g/mol. The van der Waals surface area contributed by atoms with Crippen LogP contribution in [0.3, 0.4) is 0 Å². The van der Waals surface area contributed by atoms with Crippen LogP contribution in [-0.2, 0) is 19.1 Å². The Morgan fingerprint density at radius 3 is 2.57 bits per heavy atom. The first-order chi connectivity index (χ1) is 11.2. The molecule has 0 aromatic heterocycles. The SMILES string of the molecule is CCOCCCN(CCC(=O)OC)C(=O)/C=C/c1ccccc1. The van der Waals surface area contributed by atoms with Gasteiger partial charge in [-0.3, -0.25) is 9.59 Å². The zero-order chi connectivity index (χ0) is 16.9. The molecule has 1 aromatic carbocycles. The average Bonchev–Trinajstić information content (AvgIpc) is 2.59. The van der Waals surface area contributed by atoms with Gasteiger partial charge >= 0.3 is 5.97 Å². The molecule has 1 aromatic rings. The molecule has 0 heterocycles. The van der Waals surface area contributed by atoms with E-state index in [0.717, 1.165) is 12.0 Å². The van der Waals surface area contributed by atoms with Gasteiger partial charge in [0.05, 0.1) is 13.5 Å². The lowest BCUT2D eigenvalue weighted by Crippen LogP contribution is -2.33. The van der Waals surface area contributed by atoms with Crippen molar-refractivity contribution in [3.8, 4) is 0 Å². The van der Waals surface area contributed by atoms with E-state index in [-0.39, 0.29) is 18.3 Å². The van der Waals surface area contributed by atoms with Gasteiger partial charge in [-0.2, -0.15) is 0 Å². The number of benzene rings is 1. The maximum atomic E-state index is 12.3. The van der Waals surface area contributed by atoms with E-state index < -0.39 is 0 Å². The van der Waals surface area contributed by atoms with Gasteiger partial charge in [-0.05, 0) is 25.0 Å². The highest BCUT2D eigenvalue weighted by molar-refractivity contribution is 5.92. The molecule has 0 aliphatic carbocycles. The molecule has 0 unspecified atom stereocenters. The monoisotopic (exact) mass is 319 g/mol. The van der Waals surface area contributed by atoms with Crippen LogP contribution in [0.15, 0.2) is 36.4 Å². The lowest BCUT2D eigenvalue weighted by atomic mass is 10.2. The molecule has 5 heteroatoms. The summed E-state index contributed by atoms with van der Waals surface area (Å²) in [5.41, 5.74) is 0.961. The molecule has 0 saturated heterocycles. The molecule has 0 atom stereocenters. The van der Waals surface area contributed by atoms with Gasteiger partial charge in [-0.1, -0.05) is 30.3 Å². The van der Waals surface area contributed by atoms with Crippen LogP contribution in [0.25, 0.3) is 6.08 Å². The topological polar surface area (TPSA) is 55.8 Å². The first kappa shape index (κ1) is 18.9. The highest BCUT2D eigenvalue weighted by Gasteiger charge is 2.12. The minimum atomic E-state index is -0.320. The van der Waals surface area contributed by atoms with Gasteiger partial charge < -0.3 is 14.4 Å². The second-order valence-corrected chi connectivity index (χ2v) is 4.95. The zero-order valence-electron chi connectivity index (χ0n) is 13.9. The molecule has 0 aliphatic heterocycles. The Morgan fingerprint density at radius 2 is 1.91 bits per heavy atom. The highest BCUT2D eigenvalue weighted by Crippen LogP contribution is 2.04. The molecule has 0 spiro atoms. The quantitative estimate of drug-likeness (QED) is 0.378. The van der Waals surface area contributed by atoms with Gasteiger partial charge in [0.2, 0.25) is 5.91 Å². The lowest BCUT2D eigenvalue weighted by molar-refractivity contribution is -0.141. The molecule has 5 nitrogen and oxygen atoms in total. The third-order valence-electron chi connectivity index (χ3n) is 3.26. The molecule has 0 saturated carbocycles. The Bertz CT molecular complexity index is 499. The summed E-state index contributed by atoms with van der Waals surface area (Å²) in [4.78, 5) is 25.3. The van der Waals surface area contributed by atoms with Gasteiger partial charge in [0.25, 0.3) is 0 Å². The van der Waals surface area contributed by atoms with Crippen molar-refractivity contribution in [2.75, 3.05) is 33.4 Å². The Morgan fingerprint density at radius 1 is 1.17 bits per heavy atom. The van der Waals surface area contributed by atoms with E-state index in [1.807, 2.05) is 37.3 Å². The molecule has 126 valence electrons. The summed E-state index contributed by atoms with van der Waals surface area (Å²) < 4.78 is 9.93. The fourth-order valence-corrected chi connectivity index (χ4v) is 2.00. The summed E-state index contributed by atoms with van der Waals surface area (Å²) in [6.07, 6.45) is 4.24. The highest BCUT2D eigenvalue weighted by atomic mass is 16.5. The van der Waals surface area contributed by atoms with Crippen molar-refractivity contribution in [2.45, 2.75) is 19.8 Å². The third kappa shape index (κ3) is 8.16. The van der Waals surface area contributed by atoms with Gasteiger partial charge in [-0.25, -0.2) is 0 Å². The Kier molecular flexibility index (Phi) is 9.40. The second kappa shape index (κ2) is 11.4. The Hall–Kier alpha value is -2.14. The standard InChI is InChI=1S/C18H25NO4/c1-3-23-15-7-13-19(14-12-18(21)22-2)17(20)11-10-16-8-5-4-6-9-16/h4-6,8-11H,3,7,12-15H2,1-2H3/b11-10+. The first-order valence-corrected chi connectivity index (χ1v) is 7.84. The van der Waals surface area contributed by atoms with Gasteiger partial charge in [0.1, 0.15) is 0 Å². The fourth-order valence-electron chi connectivity index (χ4n) is 2.00. The molecule has 0 bridgehead atoms. The van der Waals surface area contributed by atoms with Crippen LogP contribution in [0, 0.1) is 0 Å². The minimum absolute atomic E-state index is 0.116. The molecular formula is C18H25NO4. The van der Waals surface area contributed by atoms with Crippen molar-refractivity contribution in [2.24, 2.45) is 0 Å². The average molecular weight is 319 g/mol. The predicted molar refractivity (Wildman–Crippen MR) is 89.8 cm³/mol. The van der Waals surface area contributed by atoms with Crippen molar-refractivity contribution in [1.82, 2.24) is 4.90 Å². The summed E-state index contributed by atoms with van der Waals surface area (Å²) in [7, 11) is 1.35. The van der Waals surface area contributed by atoms with Gasteiger partial charge in [0, 0.05) is 32.4 Å². The van der Waals surface area contributed by atoms with Crippen molar-refractivity contribution in [1.29, 1.82) is 0 Å². The molecule has 0 aliphatic rings. The number of carbonyl (C=O) groups is 2. The molecule has 1 amide bonds. The minimum Gasteiger partial charge on any atom is -0.469 e. The molecule has 23 heavy (non-hydrogen) atoms. The summed E-state index contributed by atoms with van der Waals surface area (Å²) in [5.74, 6) is -0.436. The molecule has 1 rings (SSSR count). The summed E-state index contributed by atoms with van der Waals surface area (Å²) in [6.45, 7) is 4.08. The maximum absolute atomic E-state index is 12.3. The van der Waals surface area contributed by atoms with E-state index in [2.05, 4.69) is 4.74 Å². The van der Waals surface area contributed by atoms with E-state index >= 15 is 0 Å². The molecule has 0 radical (unpaired) electrons. The lowest BCUT2D eigenvalue weighted by Gasteiger charge is -2.20. The third-order valence-corrected chi connectivity index (χ3v) is 3.26. The zero-order valence-corrected chi connectivity index (χ0v) is 13.9. The van der Waals surface area contributed by atoms with Crippen LogP contribution in [0.2, 0.25) is 0 Å². The van der Waals surface area contributed by atoms with Crippen LogP contribution in [0.5, 0.6) is 0 Å². The number of amides is 1. The number of carbonyl (C=O) groups excluding carboxylic acids is 2. The normalized spacial score (nSPS) is 10.7. The molecule has 0 fully saturated rings. The van der Waals surface area contributed by atoms with Crippen molar-refractivity contribution in [3.63, 3.8) is 0 Å². The van der Waals surface area contributed by atoms with Crippen LogP contribution >= 0.6 is 0 Å². The summed E-state index contributed by atoms with van der Waals surface area (Å²) >= 11 is 0. The predicted octanol–water partition coefficient (Wildman–Crippen LogP) is 2.52. The van der Waals surface area contributed by atoms with Crippen LogP contribution in [0.1, 0.15) is 25.3 Å². The van der Waals surface area contributed by atoms with Crippen molar-refractivity contribution in [3.05, 3.63) is 42.0 Å². The van der Waals surface area contributed by atoms with Crippen molar-refractivity contribution >= 4 is 18.0 Å². The Labute approximate surface area is 137 Å². The van der Waals surface area contributed by atoms with E-state index in [4.69, 9.17) is 4.74 Å². The number of hydrogen-bond donors (Lipinski definition) is 0. The number of esters is 1. The summed E-state index contributed by atoms with van der Waals surface area (Å²) in [6, 6.07) is 9.62. The fraction of sp³-hybridized carbons (Fsp3) is 0.444. The van der Waals surface area contributed by atoms with Crippen molar-refractivity contribution < 1.29 is 19.1 Å². The van der Waals surface area contributed by atoms with Crippen LogP contribution in [0.4, 0.5) is 0 Å². The van der Waals surface area contributed by atoms with Crippen LogP contribution in [-0.4, -0.2) is 50.2 Å². The Balaban J connectivity index is 2.58. The number of rotatable bonds is 10. The number of methoxy groups -OCH3 is 1. The maximum Gasteiger partial charge on any atom is 0.307 e. The van der Waals surface area contributed by atoms with E-state index in [0.29, 0.717) is 26.3 Å². The first-order valence-electron chi connectivity index (χ1n) is 7.84.